The van der Waals surface area contributed by atoms with Gasteiger partial charge < -0.3 is 0 Å². The maximum absolute atomic E-state index is 2.34. The summed E-state index contributed by atoms with van der Waals surface area (Å²) in [6.45, 7) is 4.42. The van der Waals surface area contributed by atoms with Crippen molar-refractivity contribution in [1.29, 1.82) is 0 Å². The van der Waals surface area contributed by atoms with Crippen LogP contribution in [0, 0.1) is 13.8 Å². The normalized spacial score (nSPS) is 17.7. The molecule has 0 radical (unpaired) electrons. The Balaban J connectivity index is 2.21. The molecule has 1 aromatic carbocycles. The van der Waals surface area contributed by atoms with Crippen molar-refractivity contribution in [2.75, 3.05) is 0 Å². The van der Waals surface area contributed by atoms with E-state index in [9.17, 15) is 0 Å². The van der Waals surface area contributed by atoms with Crippen LogP contribution in [0.4, 0.5) is 0 Å². The Morgan fingerprint density at radius 3 is 2.27 bits per heavy atom. The minimum atomic E-state index is 0.778. The molecule has 0 nitrogen and oxygen atoms in total. The number of benzene rings is 1. The number of hydrogen-bond acceptors (Lipinski definition) is 0. The third-order valence-corrected chi connectivity index (χ3v) is 3.40. The van der Waals surface area contributed by atoms with Crippen LogP contribution in [0.15, 0.2) is 30.4 Å². The van der Waals surface area contributed by atoms with Gasteiger partial charge in [0.2, 0.25) is 0 Å². The molecule has 15 heavy (non-hydrogen) atoms. The van der Waals surface area contributed by atoms with Crippen molar-refractivity contribution in [3.63, 3.8) is 0 Å². The van der Waals surface area contributed by atoms with Crippen molar-refractivity contribution in [2.24, 2.45) is 0 Å². The van der Waals surface area contributed by atoms with E-state index >= 15 is 0 Å². The molecule has 0 unspecified atom stereocenters. The van der Waals surface area contributed by atoms with E-state index in [1.807, 2.05) is 0 Å². The molecule has 0 amide bonds. The lowest BCUT2D eigenvalue weighted by molar-refractivity contribution is 0.600. The van der Waals surface area contributed by atoms with Gasteiger partial charge in [-0.25, -0.2) is 0 Å². The second-order valence-corrected chi connectivity index (χ2v) is 4.68. The lowest BCUT2D eigenvalue weighted by Gasteiger charge is -2.17. The SMILES string of the molecule is Cc1ccc(C2CCC=CCC2)c(C)c1. The molecule has 2 rings (SSSR count). The molecule has 0 aromatic heterocycles. The van der Waals surface area contributed by atoms with Crippen LogP contribution < -0.4 is 0 Å². The zero-order valence-electron chi connectivity index (χ0n) is 9.79. The molecule has 0 spiro atoms. The van der Waals surface area contributed by atoms with Crippen molar-refractivity contribution in [1.82, 2.24) is 0 Å². The topological polar surface area (TPSA) is 0 Å². The lowest BCUT2D eigenvalue weighted by atomic mass is 9.88. The fourth-order valence-corrected chi connectivity index (χ4v) is 2.57. The van der Waals surface area contributed by atoms with Gasteiger partial charge in [-0.1, -0.05) is 35.9 Å². The Morgan fingerprint density at radius 1 is 1.00 bits per heavy atom. The van der Waals surface area contributed by atoms with Gasteiger partial charge in [-0.3, -0.25) is 0 Å². The van der Waals surface area contributed by atoms with E-state index in [1.165, 1.54) is 36.8 Å². The van der Waals surface area contributed by atoms with Crippen molar-refractivity contribution in [3.8, 4) is 0 Å². The van der Waals surface area contributed by atoms with Crippen molar-refractivity contribution in [2.45, 2.75) is 45.4 Å². The van der Waals surface area contributed by atoms with E-state index < -0.39 is 0 Å². The molecule has 1 aromatic rings. The first-order valence-corrected chi connectivity index (χ1v) is 5.99. The van der Waals surface area contributed by atoms with Crippen LogP contribution in [0.1, 0.15) is 48.3 Å². The summed E-state index contributed by atoms with van der Waals surface area (Å²) in [6.07, 6.45) is 9.81. The Hall–Kier alpha value is -1.04. The first-order chi connectivity index (χ1) is 7.27. The van der Waals surface area contributed by atoms with E-state index in [1.54, 1.807) is 5.56 Å². The van der Waals surface area contributed by atoms with Gasteiger partial charge in [0.15, 0.2) is 0 Å². The third kappa shape index (κ3) is 2.50. The van der Waals surface area contributed by atoms with Crippen LogP contribution in [0.3, 0.4) is 0 Å². The van der Waals surface area contributed by atoms with Gasteiger partial charge in [0, 0.05) is 0 Å². The molecule has 0 saturated heterocycles. The zero-order chi connectivity index (χ0) is 10.7. The highest BCUT2D eigenvalue weighted by Gasteiger charge is 2.13. The van der Waals surface area contributed by atoms with E-state index in [4.69, 9.17) is 0 Å². The molecule has 1 aliphatic carbocycles. The van der Waals surface area contributed by atoms with Crippen LogP contribution in [0.25, 0.3) is 0 Å². The largest absolute Gasteiger partial charge is 0.0885 e. The number of hydrogen-bond donors (Lipinski definition) is 0. The average Bonchev–Trinajstić information content (AvgIpc) is 2.46. The maximum atomic E-state index is 2.34. The summed E-state index contributed by atoms with van der Waals surface area (Å²) < 4.78 is 0. The van der Waals surface area contributed by atoms with E-state index in [0.717, 1.165) is 5.92 Å². The standard InChI is InChI=1S/C15H20/c1-12-9-10-15(13(2)11-12)14-7-5-3-4-6-8-14/h3-4,9-11,14H,5-8H2,1-2H3. The molecule has 0 heteroatoms. The highest BCUT2D eigenvalue weighted by Crippen LogP contribution is 2.31. The van der Waals surface area contributed by atoms with Crippen molar-refractivity contribution < 1.29 is 0 Å². The van der Waals surface area contributed by atoms with Gasteiger partial charge >= 0.3 is 0 Å². The summed E-state index contributed by atoms with van der Waals surface area (Å²) >= 11 is 0. The van der Waals surface area contributed by atoms with Crippen molar-refractivity contribution >= 4 is 0 Å². The zero-order valence-corrected chi connectivity index (χ0v) is 9.79. The summed E-state index contributed by atoms with van der Waals surface area (Å²) in [5, 5.41) is 0. The fraction of sp³-hybridized carbons (Fsp3) is 0.467. The fourth-order valence-electron chi connectivity index (χ4n) is 2.57. The maximum Gasteiger partial charge on any atom is -0.0153 e. The highest BCUT2D eigenvalue weighted by atomic mass is 14.2. The molecule has 0 bridgehead atoms. The Kier molecular flexibility index (Phi) is 3.25. The number of rotatable bonds is 1. The minimum Gasteiger partial charge on any atom is -0.0885 e. The van der Waals surface area contributed by atoms with Gasteiger partial charge in [-0.05, 0) is 56.6 Å². The second-order valence-electron chi connectivity index (χ2n) is 4.68. The first-order valence-electron chi connectivity index (χ1n) is 5.99. The quantitative estimate of drug-likeness (QED) is 0.585. The molecular weight excluding hydrogens is 180 g/mol. The average molecular weight is 200 g/mol. The smallest absolute Gasteiger partial charge is 0.0153 e. The van der Waals surface area contributed by atoms with E-state index in [2.05, 4.69) is 44.2 Å². The molecule has 0 heterocycles. The molecule has 0 saturated carbocycles. The number of aryl methyl sites for hydroxylation is 2. The van der Waals surface area contributed by atoms with E-state index in [0.29, 0.717) is 0 Å². The molecular formula is C15H20. The highest BCUT2D eigenvalue weighted by molar-refractivity contribution is 5.33. The Morgan fingerprint density at radius 2 is 1.67 bits per heavy atom. The second kappa shape index (κ2) is 4.65. The van der Waals surface area contributed by atoms with Crippen LogP contribution in [-0.2, 0) is 0 Å². The predicted octanol–water partition coefficient (Wildman–Crippen LogP) is 4.52. The van der Waals surface area contributed by atoms with Gasteiger partial charge in [0.25, 0.3) is 0 Å². The summed E-state index contributed by atoms with van der Waals surface area (Å²) in [4.78, 5) is 0. The molecule has 1 aliphatic rings. The first kappa shape index (κ1) is 10.5. The van der Waals surface area contributed by atoms with Gasteiger partial charge in [-0.2, -0.15) is 0 Å². The Labute approximate surface area is 93.0 Å². The Bertz CT molecular complexity index is 350. The summed E-state index contributed by atoms with van der Waals surface area (Å²) in [7, 11) is 0. The molecule has 0 aliphatic heterocycles. The van der Waals surface area contributed by atoms with Crippen LogP contribution in [0.5, 0.6) is 0 Å². The predicted molar refractivity (Wildman–Crippen MR) is 66.3 cm³/mol. The van der Waals surface area contributed by atoms with Gasteiger partial charge in [-0.15, -0.1) is 0 Å². The summed E-state index contributed by atoms with van der Waals surface area (Å²) in [5.41, 5.74) is 4.43. The van der Waals surface area contributed by atoms with Gasteiger partial charge in [0.1, 0.15) is 0 Å². The van der Waals surface area contributed by atoms with Crippen molar-refractivity contribution in [3.05, 3.63) is 47.0 Å². The lowest BCUT2D eigenvalue weighted by Crippen LogP contribution is -2.00. The van der Waals surface area contributed by atoms with Crippen LogP contribution >= 0.6 is 0 Å². The molecule has 0 atom stereocenters. The van der Waals surface area contributed by atoms with Crippen LogP contribution in [-0.4, -0.2) is 0 Å². The monoisotopic (exact) mass is 200 g/mol. The minimum absolute atomic E-state index is 0.778. The van der Waals surface area contributed by atoms with Gasteiger partial charge in [0.05, 0.1) is 0 Å². The molecule has 80 valence electrons. The summed E-state index contributed by atoms with van der Waals surface area (Å²) in [5.74, 6) is 0.778. The summed E-state index contributed by atoms with van der Waals surface area (Å²) in [6, 6.07) is 6.90. The molecule has 0 N–H and O–H groups in total. The third-order valence-electron chi connectivity index (χ3n) is 3.40. The van der Waals surface area contributed by atoms with E-state index in [-0.39, 0.29) is 0 Å². The number of allylic oxidation sites excluding steroid dienone is 2. The van der Waals surface area contributed by atoms with Crippen LogP contribution in [0.2, 0.25) is 0 Å². The molecule has 0 fully saturated rings.